The molecule has 0 saturated carbocycles. The summed E-state index contributed by atoms with van der Waals surface area (Å²) in [6.45, 7) is 0. The molecule has 0 fully saturated rings. The molecule has 1 N–H and O–H groups in total. The number of para-hydroxylation sites is 1. The van der Waals surface area contributed by atoms with Crippen molar-refractivity contribution in [3.05, 3.63) is 82.4 Å². The SMILES string of the molecule is O=C(Nc1ccc(F)c([N+](=O)[O-])c1)c1ccccc1-n1cccn1. The number of rotatable bonds is 4. The molecule has 3 rings (SSSR count). The van der Waals surface area contributed by atoms with Crippen molar-refractivity contribution in [2.75, 3.05) is 5.32 Å². The molecule has 0 radical (unpaired) electrons. The Morgan fingerprint density at radius 2 is 2.00 bits per heavy atom. The van der Waals surface area contributed by atoms with Crippen molar-refractivity contribution in [2.24, 2.45) is 0 Å². The van der Waals surface area contributed by atoms with Gasteiger partial charge in [0.15, 0.2) is 0 Å². The van der Waals surface area contributed by atoms with Gasteiger partial charge in [0.05, 0.1) is 16.2 Å². The molecular weight excluding hydrogens is 315 g/mol. The Morgan fingerprint density at radius 3 is 2.71 bits per heavy atom. The Hall–Kier alpha value is -3.55. The van der Waals surface area contributed by atoms with Gasteiger partial charge in [-0.2, -0.15) is 9.49 Å². The van der Waals surface area contributed by atoms with E-state index in [2.05, 4.69) is 10.4 Å². The van der Waals surface area contributed by atoms with Gasteiger partial charge in [0.2, 0.25) is 5.82 Å². The number of nitrogens with one attached hydrogen (secondary N) is 1. The maximum atomic E-state index is 13.4. The summed E-state index contributed by atoms with van der Waals surface area (Å²) in [6, 6.07) is 11.7. The average molecular weight is 326 g/mol. The van der Waals surface area contributed by atoms with E-state index in [-0.39, 0.29) is 5.69 Å². The smallest absolute Gasteiger partial charge is 0.306 e. The molecule has 0 spiro atoms. The summed E-state index contributed by atoms with van der Waals surface area (Å²) in [5.41, 5.74) is 0.307. The summed E-state index contributed by atoms with van der Waals surface area (Å²) in [6.07, 6.45) is 3.27. The molecule has 0 aliphatic rings. The van der Waals surface area contributed by atoms with Crippen molar-refractivity contribution in [1.29, 1.82) is 0 Å². The second kappa shape index (κ2) is 6.29. The third-order valence-corrected chi connectivity index (χ3v) is 3.30. The van der Waals surface area contributed by atoms with Crippen molar-refractivity contribution in [3.8, 4) is 5.69 Å². The molecule has 24 heavy (non-hydrogen) atoms. The molecule has 0 atom stereocenters. The number of amides is 1. The quantitative estimate of drug-likeness (QED) is 0.589. The van der Waals surface area contributed by atoms with Gasteiger partial charge in [-0.05, 0) is 30.3 Å². The van der Waals surface area contributed by atoms with Crippen LogP contribution >= 0.6 is 0 Å². The predicted molar refractivity (Wildman–Crippen MR) is 84.6 cm³/mol. The zero-order valence-corrected chi connectivity index (χ0v) is 12.2. The number of nitro groups is 1. The van der Waals surface area contributed by atoms with E-state index in [1.807, 2.05) is 0 Å². The van der Waals surface area contributed by atoms with Crippen molar-refractivity contribution in [2.45, 2.75) is 0 Å². The van der Waals surface area contributed by atoms with Gasteiger partial charge in [-0.25, -0.2) is 4.68 Å². The summed E-state index contributed by atoms with van der Waals surface area (Å²) < 4.78 is 14.9. The number of hydrogen-bond donors (Lipinski definition) is 1. The van der Waals surface area contributed by atoms with Gasteiger partial charge < -0.3 is 5.32 Å². The zero-order chi connectivity index (χ0) is 17.1. The highest BCUT2D eigenvalue weighted by Crippen LogP contribution is 2.23. The molecule has 0 bridgehead atoms. The van der Waals surface area contributed by atoms with Crippen molar-refractivity contribution >= 4 is 17.3 Å². The van der Waals surface area contributed by atoms with Crippen LogP contribution in [0.25, 0.3) is 5.69 Å². The molecule has 2 aromatic carbocycles. The van der Waals surface area contributed by atoms with E-state index in [1.54, 1.807) is 42.7 Å². The van der Waals surface area contributed by atoms with Crippen LogP contribution in [0.3, 0.4) is 0 Å². The van der Waals surface area contributed by atoms with Crippen LogP contribution in [0.4, 0.5) is 15.8 Å². The van der Waals surface area contributed by atoms with Crippen LogP contribution < -0.4 is 5.32 Å². The topological polar surface area (TPSA) is 90.1 Å². The van der Waals surface area contributed by atoms with Gasteiger partial charge in [-0.1, -0.05) is 12.1 Å². The molecule has 1 aromatic heterocycles. The summed E-state index contributed by atoms with van der Waals surface area (Å²) in [4.78, 5) is 22.4. The first-order chi connectivity index (χ1) is 11.6. The Kier molecular flexibility index (Phi) is 4.02. The highest BCUT2D eigenvalue weighted by molar-refractivity contribution is 6.06. The van der Waals surface area contributed by atoms with Gasteiger partial charge in [0.25, 0.3) is 5.91 Å². The maximum absolute atomic E-state index is 13.4. The second-order valence-corrected chi connectivity index (χ2v) is 4.85. The Morgan fingerprint density at radius 1 is 1.21 bits per heavy atom. The normalized spacial score (nSPS) is 10.4. The first kappa shape index (κ1) is 15.3. The second-order valence-electron chi connectivity index (χ2n) is 4.85. The first-order valence-corrected chi connectivity index (χ1v) is 6.90. The van der Waals surface area contributed by atoms with E-state index in [1.165, 1.54) is 10.7 Å². The predicted octanol–water partition coefficient (Wildman–Crippen LogP) is 3.17. The number of hydrogen-bond acceptors (Lipinski definition) is 4. The highest BCUT2D eigenvalue weighted by atomic mass is 19.1. The standard InChI is InChI=1S/C16H11FN4O3/c17-13-7-6-11(10-15(13)21(23)24)19-16(22)12-4-1-2-5-14(12)20-9-3-8-18-20/h1-10H,(H,19,22). The van der Waals surface area contributed by atoms with Gasteiger partial charge in [-0.15, -0.1) is 0 Å². The Bertz CT molecular complexity index is 909. The van der Waals surface area contributed by atoms with Crippen LogP contribution in [-0.4, -0.2) is 20.6 Å². The number of halogens is 1. The number of anilines is 1. The molecule has 7 nitrogen and oxygen atoms in total. The fraction of sp³-hybridized carbons (Fsp3) is 0. The number of aromatic nitrogens is 2. The van der Waals surface area contributed by atoms with Gasteiger partial charge in [-0.3, -0.25) is 14.9 Å². The summed E-state index contributed by atoms with van der Waals surface area (Å²) >= 11 is 0. The van der Waals surface area contributed by atoms with Crippen LogP contribution in [0.15, 0.2) is 60.9 Å². The molecule has 120 valence electrons. The largest absolute Gasteiger partial charge is 0.322 e. The fourth-order valence-electron chi connectivity index (χ4n) is 2.21. The van der Waals surface area contributed by atoms with E-state index < -0.39 is 22.3 Å². The molecule has 3 aromatic rings. The fourth-order valence-corrected chi connectivity index (χ4v) is 2.21. The van der Waals surface area contributed by atoms with E-state index >= 15 is 0 Å². The number of nitro benzene ring substituents is 1. The third-order valence-electron chi connectivity index (χ3n) is 3.30. The van der Waals surface area contributed by atoms with Crippen LogP contribution in [0.1, 0.15) is 10.4 Å². The molecule has 0 aliphatic heterocycles. The summed E-state index contributed by atoms with van der Waals surface area (Å²) in [5.74, 6) is -1.45. The van der Waals surface area contributed by atoms with Crippen molar-refractivity contribution in [1.82, 2.24) is 9.78 Å². The number of benzene rings is 2. The van der Waals surface area contributed by atoms with Gasteiger partial charge in [0.1, 0.15) is 0 Å². The van der Waals surface area contributed by atoms with Crippen LogP contribution in [0.2, 0.25) is 0 Å². The molecule has 1 heterocycles. The molecule has 8 heteroatoms. The van der Waals surface area contributed by atoms with Crippen molar-refractivity contribution in [3.63, 3.8) is 0 Å². The Labute approximate surface area is 135 Å². The van der Waals surface area contributed by atoms with Crippen LogP contribution in [0.5, 0.6) is 0 Å². The lowest BCUT2D eigenvalue weighted by Crippen LogP contribution is -2.15. The Balaban J connectivity index is 1.92. The lowest BCUT2D eigenvalue weighted by molar-refractivity contribution is -0.387. The van der Waals surface area contributed by atoms with E-state index in [0.717, 1.165) is 12.1 Å². The zero-order valence-electron chi connectivity index (χ0n) is 12.2. The van der Waals surface area contributed by atoms with Crippen molar-refractivity contribution < 1.29 is 14.1 Å². The van der Waals surface area contributed by atoms with Gasteiger partial charge in [0, 0.05) is 24.1 Å². The average Bonchev–Trinajstić information content (AvgIpc) is 3.10. The molecule has 0 saturated heterocycles. The van der Waals surface area contributed by atoms with Crippen LogP contribution in [0, 0.1) is 15.9 Å². The van der Waals surface area contributed by atoms with E-state index in [9.17, 15) is 19.3 Å². The first-order valence-electron chi connectivity index (χ1n) is 6.90. The number of nitrogens with zero attached hydrogens (tertiary/aromatic N) is 3. The molecule has 0 aliphatic carbocycles. The molecule has 0 unspecified atom stereocenters. The minimum absolute atomic E-state index is 0.128. The van der Waals surface area contributed by atoms with Gasteiger partial charge >= 0.3 is 5.69 Å². The maximum Gasteiger partial charge on any atom is 0.306 e. The van der Waals surface area contributed by atoms with E-state index in [4.69, 9.17) is 0 Å². The third kappa shape index (κ3) is 2.98. The molecular formula is C16H11FN4O3. The van der Waals surface area contributed by atoms with E-state index in [0.29, 0.717) is 11.3 Å². The minimum atomic E-state index is -0.963. The highest BCUT2D eigenvalue weighted by Gasteiger charge is 2.17. The lowest BCUT2D eigenvalue weighted by atomic mass is 10.1. The lowest BCUT2D eigenvalue weighted by Gasteiger charge is -2.10. The minimum Gasteiger partial charge on any atom is -0.322 e. The summed E-state index contributed by atoms with van der Waals surface area (Å²) in [5, 5.41) is 17.4. The monoisotopic (exact) mass is 326 g/mol. The summed E-state index contributed by atoms with van der Waals surface area (Å²) in [7, 11) is 0. The number of carbonyl (C=O) groups excluding carboxylic acids is 1. The number of carbonyl (C=O) groups is 1. The van der Waals surface area contributed by atoms with Crippen LogP contribution in [-0.2, 0) is 0 Å². The molecule has 1 amide bonds.